The molecule has 1 aromatic heterocycles. The number of para-hydroxylation sites is 1. The van der Waals surface area contributed by atoms with Crippen molar-refractivity contribution in [1.82, 2.24) is 0 Å². The highest BCUT2D eigenvalue weighted by atomic mass is 16.3. The van der Waals surface area contributed by atoms with Crippen LogP contribution in [0.3, 0.4) is 0 Å². The van der Waals surface area contributed by atoms with Gasteiger partial charge in [0.1, 0.15) is 11.2 Å². The van der Waals surface area contributed by atoms with E-state index in [1.807, 2.05) is 0 Å². The number of hydrogen-bond donors (Lipinski definition) is 0. The molecule has 0 aliphatic heterocycles. The molecule has 0 spiro atoms. The first-order chi connectivity index (χ1) is 11.4. The fourth-order valence-corrected chi connectivity index (χ4v) is 3.52. The van der Waals surface area contributed by atoms with Crippen LogP contribution in [0.4, 0.5) is 0 Å². The third-order valence-corrected chi connectivity index (χ3v) is 4.67. The van der Waals surface area contributed by atoms with Crippen LogP contribution in [-0.2, 0) is 0 Å². The molecule has 110 valence electrons. The first-order valence-corrected chi connectivity index (χ1v) is 8.11. The Morgan fingerprint density at radius 3 is 2.48 bits per heavy atom. The monoisotopic (exact) mass is 296 g/mol. The predicted molar refractivity (Wildman–Crippen MR) is 97.6 cm³/mol. The Balaban J connectivity index is 1.87. The van der Waals surface area contributed by atoms with Crippen molar-refractivity contribution in [1.29, 1.82) is 0 Å². The van der Waals surface area contributed by atoms with Crippen molar-refractivity contribution in [3.8, 4) is 0 Å². The van der Waals surface area contributed by atoms with Crippen LogP contribution in [-0.4, -0.2) is 0 Å². The van der Waals surface area contributed by atoms with E-state index < -0.39 is 0 Å². The van der Waals surface area contributed by atoms with Gasteiger partial charge in [0, 0.05) is 16.3 Å². The molecule has 1 heteroatoms. The van der Waals surface area contributed by atoms with E-state index in [-0.39, 0.29) is 0 Å². The molecular formula is C22H16O. The van der Waals surface area contributed by atoms with Crippen LogP contribution in [0.1, 0.15) is 18.4 Å². The summed E-state index contributed by atoms with van der Waals surface area (Å²) in [6.07, 6.45) is 8.99. The molecule has 3 aromatic carbocycles. The molecule has 0 radical (unpaired) electrons. The van der Waals surface area contributed by atoms with Crippen molar-refractivity contribution in [3.05, 3.63) is 78.4 Å². The van der Waals surface area contributed by atoms with Crippen molar-refractivity contribution in [3.63, 3.8) is 0 Å². The molecule has 1 nitrogen and oxygen atoms in total. The molecule has 1 aliphatic rings. The summed E-state index contributed by atoms with van der Waals surface area (Å²) in [6.45, 7) is 0. The minimum absolute atomic E-state index is 0.964. The van der Waals surface area contributed by atoms with Crippen molar-refractivity contribution in [2.75, 3.05) is 0 Å². The maximum absolute atomic E-state index is 6.27. The van der Waals surface area contributed by atoms with Gasteiger partial charge in [-0.2, -0.15) is 0 Å². The van der Waals surface area contributed by atoms with E-state index in [2.05, 4.69) is 72.8 Å². The molecule has 0 bridgehead atoms. The Bertz CT molecular complexity index is 1110. The van der Waals surface area contributed by atoms with Crippen LogP contribution in [0.2, 0.25) is 0 Å². The fourth-order valence-electron chi connectivity index (χ4n) is 3.52. The molecule has 1 aliphatic carbocycles. The number of furan rings is 1. The summed E-state index contributed by atoms with van der Waals surface area (Å²) >= 11 is 0. The number of allylic oxidation sites excluding steroid dienone is 4. The highest BCUT2D eigenvalue weighted by molar-refractivity contribution is 6.12. The van der Waals surface area contributed by atoms with Gasteiger partial charge < -0.3 is 4.42 Å². The van der Waals surface area contributed by atoms with Crippen LogP contribution in [0.15, 0.2) is 77.2 Å². The van der Waals surface area contributed by atoms with Crippen molar-refractivity contribution in [2.24, 2.45) is 0 Å². The highest BCUT2D eigenvalue weighted by Gasteiger charge is 2.13. The summed E-state index contributed by atoms with van der Waals surface area (Å²) < 4.78 is 6.27. The van der Waals surface area contributed by atoms with E-state index in [1.165, 1.54) is 32.7 Å². The summed E-state index contributed by atoms with van der Waals surface area (Å²) in [5.41, 5.74) is 4.42. The second kappa shape index (κ2) is 4.85. The van der Waals surface area contributed by atoms with Gasteiger partial charge in [-0.3, -0.25) is 0 Å². The average Bonchev–Trinajstić information content (AvgIpc) is 2.98. The van der Waals surface area contributed by atoms with E-state index in [0.29, 0.717) is 0 Å². The molecule has 0 unspecified atom stereocenters. The van der Waals surface area contributed by atoms with Gasteiger partial charge in [-0.25, -0.2) is 0 Å². The summed E-state index contributed by atoms with van der Waals surface area (Å²) in [5.74, 6) is 0. The molecule has 0 atom stereocenters. The standard InChI is InChI=1S/C22H16O/c1-2-7-15(8-3-1)18-11-6-12-19-20-13-16-9-4-5-10-17(16)14-21(20)23-22(18)19/h2,4-14H,1,3H2. The van der Waals surface area contributed by atoms with Crippen molar-refractivity contribution >= 4 is 38.3 Å². The zero-order valence-corrected chi connectivity index (χ0v) is 12.8. The van der Waals surface area contributed by atoms with Crippen LogP contribution in [0.5, 0.6) is 0 Å². The smallest absolute Gasteiger partial charge is 0.143 e. The van der Waals surface area contributed by atoms with E-state index in [1.54, 1.807) is 0 Å². The Kier molecular flexibility index (Phi) is 2.68. The Morgan fingerprint density at radius 2 is 1.65 bits per heavy atom. The summed E-state index contributed by atoms with van der Waals surface area (Å²) in [5, 5.41) is 4.87. The van der Waals surface area contributed by atoms with E-state index >= 15 is 0 Å². The molecule has 0 amide bonds. The first kappa shape index (κ1) is 12.7. The third-order valence-electron chi connectivity index (χ3n) is 4.67. The summed E-state index contributed by atoms with van der Waals surface area (Å²) in [7, 11) is 0. The zero-order chi connectivity index (χ0) is 15.2. The zero-order valence-electron chi connectivity index (χ0n) is 12.8. The fraction of sp³-hybridized carbons (Fsp3) is 0.0909. The summed E-state index contributed by atoms with van der Waals surface area (Å²) in [6, 6.07) is 19.3. The lowest BCUT2D eigenvalue weighted by molar-refractivity contribution is 0.668. The lowest BCUT2D eigenvalue weighted by Crippen LogP contribution is -1.86. The quantitative estimate of drug-likeness (QED) is 0.392. The number of benzene rings is 3. The Morgan fingerprint density at radius 1 is 0.783 bits per heavy atom. The second-order valence-corrected chi connectivity index (χ2v) is 6.12. The molecule has 23 heavy (non-hydrogen) atoms. The second-order valence-electron chi connectivity index (χ2n) is 6.12. The highest BCUT2D eigenvalue weighted by Crippen LogP contribution is 2.36. The molecule has 0 N–H and O–H groups in total. The molecule has 4 aromatic rings. The Labute approximate surface area is 134 Å². The maximum atomic E-state index is 6.27. The van der Waals surface area contributed by atoms with Crippen molar-refractivity contribution in [2.45, 2.75) is 12.8 Å². The topological polar surface area (TPSA) is 13.1 Å². The van der Waals surface area contributed by atoms with Gasteiger partial charge in [0.05, 0.1) is 0 Å². The number of fused-ring (bicyclic) bond motifs is 4. The molecule has 0 saturated heterocycles. The molecule has 0 fully saturated rings. The number of hydrogen-bond acceptors (Lipinski definition) is 1. The molecule has 5 rings (SSSR count). The van der Waals surface area contributed by atoms with Gasteiger partial charge in [0.2, 0.25) is 0 Å². The van der Waals surface area contributed by atoms with Crippen LogP contribution < -0.4 is 0 Å². The van der Waals surface area contributed by atoms with Crippen LogP contribution in [0.25, 0.3) is 38.3 Å². The Hall–Kier alpha value is -2.80. The van der Waals surface area contributed by atoms with Crippen LogP contribution >= 0.6 is 0 Å². The largest absolute Gasteiger partial charge is 0.455 e. The lowest BCUT2D eigenvalue weighted by Gasteiger charge is -2.07. The normalized spacial score (nSPS) is 14.7. The van der Waals surface area contributed by atoms with Gasteiger partial charge in [0.25, 0.3) is 0 Å². The van der Waals surface area contributed by atoms with E-state index in [0.717, 1.165) is 24.0 Å². The number of rotatable bonds is 1. The maximum Gasteiger partial charge on any atom is 0.143 e. The lowest BCUT2D eigenvalue weighted by atomic mass is 9.97. The molecular weight excluding hydrogens is 280 g/mol. The van der Waals surface area contributed by atoms with Crippen molar-refractivity contribution < 1.29 is 4.42 Å². The molecule has 1 heterocycles. The van der Waals surface area contributed by atoms with E-state index in [4.69, 9.17) is 4.42 Å². The molecule has 0 saturated carbocycles. The van der Waals surface area contributed by atoms with Crippen LogP contribution in [0, 0.1) is 0 Å². The first-order valence-electron chi connectivity index (χ1n) is 8.11. The van der Waals surface area contributed by atoms with E-state index in [9.17, 15) is 0 Å². The predicted octanol–water partition coefficient (Wildman–Crippen LogP) is 6.47. The van der Waals surface area contributed by atoms with Gasteiger partial charge in [-0.1, -0.05) is 60.7 Å². The minimum atomic E-state index is 0.964. The van der Waals surface area contributed by atoms with Gasteiger partial charge in [0.15, 0.2) is 0 Å². The average molecular weight is 296 g/mol. The third kappa shape index (κ3) is 1.93. The SMILES string of the molecule is C1=CC(c2cccc3c2oc2cc4ccccc4cc23)=CCC1. The van der Waals surface area contributed by atoms with Gasteiger partial charge in [-0.15, -0.1) is 0 Å². The summed E-state index contributed by atoms with van der Waals surface area (Å²) in [4.78, 5) is 0. The van der Waals surface area contributed by atoms with Gasteiger partial charge in [-0.05, 0) is 41.3 Å². The van der Waals surface area contributed by atoms with Gasteiger partial charge >= 0.3 is 0 Å². The minimum Gasteiger partial charge on any atom is -0.455 e.